The minimum atomic E-state index is -0.434. The zero-order valence-electron chi connectivity index (χ0n) is 10.4. The Balaban J connectivity index is 4.15. The van der Waals surface area contributed by atoms with Gasteiger partial charge >= 0.3 is 6.09 Å². The maximum Gasteiger partial charge on any atom is 0.410 e. The molecule has 90 valence electrons. The number of amides is 1. The summed E-state index contributed by atoms with van der Waals surface area (Å²) in [5.41, 5.74) is 5.02. The molecule has 0 aliphatic heterocycles. The van der Waals surface area contributed by atoms with Crippen molar-refractivity contribution >= 4 is 6.09 Å². The van der Waals surface area contributed by atoms with E-state index in [9.17, 15) is 4.79 Å². The lowest BCUT2D eigenvalue weighted by Gasteiger charge is -2.27. The van der Waals surface area contributed by atoms with Gasteiger partial charge in [-0.3, -0.25) is 0 Å². The van der Waals surface area contributed by atoms with E-state index in [0.717, 1.165) is 19.4 Å². The third-order valence-corrected chi connectivity index (χ3v) is 1.83. The van der Waals surface area contributed by atoms with Crippen LogP contribution in [0.2, 0.25) is 0 Å². The number of nitrogens with two attached hydrogens (primary N) is 1. The molecule has 0 saturated carbocycles. The van der Waals surface area contributed by atoms with Crippen LogP contribution in [0.5, 0.6) is 0 Å². The van der Waals surface area contributed by atoms with Gasteiger partial charge in [0, 0.05) is 19.6 Å². The highest BCUT2D eigenvalue weighted by Crippen LogP contribution is 2.10. The third-order valence-electron chi connectivity index (χ3n) is 1.83. The predicted octanol–water partition coefficient (Wildman–Crippen LogP) is 1.98. The van der Waals surface area contributed by atoms with E-state index in [2.05, 4.69) is 6.92 Å². The number of hydrogen-bond donors (Lipinski definition) is 1. The summed E-state index contributed by atoms with van der Waals surface area (Å²) in [6, 6.07) is 0. The molecule has 0 fully saturated rings. The Morgan fingerprint density at radius 2 is 1.93 bits per heavy atom. The number of rotatable bonds is 5. The van der Waals surface area contributed by atoms with Crippen LogP contribution in [-0.4, -0.2) is 36.2 Å². The van der Waals surface area contributed by atoms with Gasteiger partial charge in [0.25, 0.3) is 0 Å². The summed E-state index contributed by atoms with van der Waals surface area (Å²) in [6.07, 6.45) is 1.78. The van der Waals surface area contributed by atoms with Crippen LogP contribution in [0.1, 0.15) is 40.5 Å². The van der Waals surface area contributed by atoms with E-state index < -0.39 is 5.60 Å². The minimum Gasteiger partial charge on any atom is -0.444 e. The Labute approximate surface area is 92.8 Å². The van der Waals surface area contributed by atoms with Gasteiger partial charge in [0.15, 0.2) is 0 Å². The molecule has 1 amide bonds. The topological polar surface area (TPSA) is 55.6 Å². The highest BCUT2D eigenvalue weighted by molar-refractivity contribution is 5.68. The van der Waals surface area contributed by atoms with E-state index in [1.807, 2.05) is 20.8 Å². The molecule has 0 saturated heterocycles. The Morgan fingerprint density at radius 3 is 2.33 bits per heavy atom. The van der Waals surface area contributed by atoms with Crippen LogP contribution < -0.4 is 5.73 Å². The van der Waals surface area contributed by atoms with E-state index in [0.29, 0.717) is 13.1 Å². The molecule has 0 spiro atoms. The molecule has 0 bridgehead atoms. The molecule has 2 N–H and O–H groups in total. The Kier molecular flexibility index (Phi) is 6.32. The van der Waals surface area contributed by atoms with Crippen LogP contribution in [0.25, 0.3) is 0 Å². The van der Waals surface area contributed by atoms with E-state index in [-0.39, 0.29) is 6.09 Å². The van der Waals surface area contributed by atoms with Gasteiger partial charge in [0.05, 0.1) is 0 Å². The summed E-state index contributed by atoms with van der Waals surface area (Å²) < 4.78 is 5.28. The zero-order chi connectivity index (χ0) is 11.9. The fraction of sp³-hybridized carbons (Fsp3) is 0.909. The lowest BCUT2D eigenvalue weighted by Crippen LogP contribution is -2.40. The van der Waals surface area contributed by atoms with Crippen molar-refractivity contribution in [2.45, 2.75) is 46.1 Å². The number of hydrogen-bond acceptors (Lipinski definition) is 3. The molecule has 4 nitrogen and oxygen atoms in total. The monoisotopic (exact) mass is 216 g/mol. The highest BCUT2D eigenvalue weighted by Gasteiger charge is 2.20. The van der Waals surface area contributed by atoms with Gasteiger partial charge in [-0.25, -0.2) is 4.79 Å². The van der Waals surface area contributed by atoms with Crippen molar-refractivity contribution in [3.05, 3.63) is 0 Å². The molecule has 0 rings (SSSR count). The first kappa shape index (κ1) is 14.2. The van der Waals surface area contributed by atoms with Crippen LogP contribution in [0, 0.1) is 0 Å². The molecule has 0 aliphatic carbocycles. The molecule has 0 unspecified atom stereocenters. The fourth-order valence-corrected chi connectivity index (χ4v) is 1.13. The average Bonchev–Trinajstić information content (AvgIpc) is 2.09. The summed E-state index contributed by atoms with van der Waals surface area (Å²) in [7, 11) is 0. The summed E-state index contributed by atoms with van der Waals surface area (Å²) in [5.74, 6) is 0. The van der Waals surface area contributed by atoms with Crippen molar-refractivity contribution < 1.29 is 9.53 Å². The number of carbonyl (C=O) groups is 1. The van der Waals surface area contributed by atoms with E-state index in [4.69, 9.17) is 10.5 Å². The zero-order valence-corrected chi connectivity index (χ0v) is 10.4. The molecule has 0 radical (unpaired) electrons. The summed E-state index contributed by atoms with van der Waals surface area (Å²) >= 11 is 0. The normalized spacial score (nSPS) is 11.3. The molecule has 0 aromatic heterocycles. The molecule has 0 heterocycles. The van der Waals surface area contributed by atoms with Crippen LogP contribution >= 0.6 is 0 Å². The minimum absolute atomic E-state index is 0.263. The quantitative estimate of drug-likeness (QED) is 0.764. The second-order valence-corrected chi connectivity index (χ2v) is 4.61. The summed E-state index contributed by atoms with van der Waals surface area (Å²) in [5, 5.41) is 0. The molecule has 0 atom stereocenters. The predicted molar refractivity (Wildman–Crippen MR) is 61.8 cm³/mol. The first-order chi connectivity index (χ1) is 6.90. The molecule has 15 heavy (non-hydrogen) atoms. The van der Waals surface area contributed by atoms with Gasteiger partial charge < -0.3 is 15.4 Å². The van der Waals surface area contributed by atoms with E-state index >= 15 is 0 Å². The Morgan fingerprint density at radius 1 is 1.33 bits per heavy atom. The largest absolute Gasteiger partial charge is 0.444 e. The Hall–Kier alpha value is -0.770. The van der Waals surface area contributed by atoms with Crippen LogP contribution in [0.4, 0.5) is 4.79 Å². The van der Waals surface area contributed by atoms with Crippen molar-refractivity contribution in [2.75, 3.05) is 19.6 Å². The lowest BCUT2D eigenvalue weighted by atomic mass is 10.2. The number of ether oxygens (including phenoxy) is 1. The van der Waals surface area contributed by atoms with E-state index in [1.165, 1.54) is 0 Å². The van der Waals surface area contributed by atoms with Crippen molar-refractivity contribution in [2.24, 2.45) is 5.73 Å². The summed E-state index contributed by atoms with van der Waals surface area (Å²) in [6.45, 7) is 9.46. The third kappa shape index (κ3) is 7.19. The number of unbranched alkanes of at least 4 members (excludes halogenated alkanes) is 1. The van der Waals surface area contributed by atoms with Gasteiger partial charge in [-0.2, -0.15) is 0 Å². The van der Waals surface area contributed by atoms with Crippen molar-refractivity contribution in [1.29, 1.82) is 0 Å². The van der Waals surface area contributed by atoms with Gasteiger partial charge in [-0.05, 0) is 27.2 Å². The number of carbonyl (C=O) groups excluding carboxylic acids is 1. The fourth-order valence-electron chi connectivity index (χ4n) is 1.13. The molecule has 0 aliphatic rings. The first-order valence-corrected chi connectivity index (χ1v) is 5.58. The van der Waals surface area contributed by atoms with Crippen LogP contribution in [0.3, 0.4) is 0 Å². The standard InChI is InChI=1S/C11H24N2O2/c1-5-6-8-13(9-7-12)10(14)15-11(2,3)4/h5-9,12H2,1-4H3. The van der Waals surface area contributed by atoms with Crippen molar-refractivity contribution in [1.82, 2.24) is 4.90 Å². The van der Waals surface area contributed by atoms with Gasteiger partial charge in [-0.15, -0.1) is 0 Å². The SMILES string of the molecule is CCCCN(CCN)C(=O)OC(C)(C)C. The smallest absolute Gasteiger partial charge is 0.410 e. The maximum absolute atomic E-state index is 11.7. The van der Waals surface area contributed by atoms with Crippen molar-refractivity contribution in [3.8, 4) is 0 Å². The van der Waals surface area contributed by atoms with Crippen LogP contribution in [0.15, 0.2) is 0 Å². The summed E-state index contributed by atoms with van der Waals surface area (Å²) in [4.78, 5) is 13.4. The second kappa shape index (κ2) is 6.67. The lowest BCUT2D eigenvalue weighted by molar-refractivity contribution is 0.0253. The second-order valence-electron chi connectivity index (χ2n) is 4.61. The molecule has 0 aromatic carbocycles. The Bertz CT molecular complexity index is 188. The van der Waals surface area contributed by atoms with Gasteiger partial charge in [0.1, 0.15) is 5.60 Å². The van der Waals surface area contributed by atoms with Crippen molar-refractivity contribution in [3.63, 3.8) is 0 Å². The van der Waals surface area contributed by atoms with Gasteiger partial charge in [0.2, 0.25) is 0 Å². The first-order valence-electron chi connectivity index (χ1n) is 5.58. The molecular weight excluding hydrogens is 192 g/mol. The molecular formula is C11H24N2O2. The average molecular weight is 216 g/mol. The molecule has 4 heteroatoms. The van der Waals surface area contributed by atoms with Gasteiger partial charge in [-0.1, -0.05) is 13.3 Å². The molecule has 0 aromatic rings. The maximum atomic E-state index is 11.7. The van der Waals surface area contributed by atoms with Crippen LogP contribution in [-0.2, 0) is 4.74 Å². The number of nitrogens with zero attached hydrogens (tertiary/aromatic N) is 1. The van der Waals surface area contributed by atoms with E-state index in [1.54, 1.807) is 4.90 Å². The highest BCUT2D eigenvalue weighted by atomic mass is 16.6.